The first-order valence-corrected chi connectivity index (χ1v) is 8.13. The third-order valence-corrected chi connectivity index (χ3v) is 3.69. The average molecular weight is 403 g/mol. The standard InChI is InChI=1S/C17H15ClN6O4/c1-3-6-12(10(4-2)15(19)25)21-17(26)13-9-14(24(27)28)22-23(13)16-11(18)7-5-8-20-16/h3-9H,2H2,1H3,(H2,19,25)(H,21,26)/b6-3-,12-10-. The van der Waals surface area contributed by atoms with E-state index < -0.39 is 22.6 Å². The number of nitrogens with two attached hydrogens (primary N) is 1. The largest absolute Gasteiger partial charge is 0.391 e. The highest BCUT2D eigenvalue weighted by Gasteiger charge is 2.27. The lowest BCUT2D eigenvalue weighted by atomic mass is 10.1. The third-order valence-electron chi connectivity index (χ3n) is 3.40. The monoisotopic (exact) mass is 402 g/mol. The number of nitro groups is 1. The van der Waals surface area contributed by atoms with E-state index >= 15 is 0 Å². The van der Waals surface area contributed by atoms with E-state index in [4.69, 9.17) is 17.3 Å². The molecule has 0 atom stereocenters. The molecule has 0 saturated heterocycles. The number of amides is 2. The van der Waals surface area contributed by atoms with Gasteiger partial charge in [-0.25, -0.2) is 4.98 Å². The van der Waals surface area contributed by atoms with Crippen molar-refractivity contribution in [2.45, 2.75) is 6.92 Å². The van der Waals surface area contributed by atoms with E-state index in [-0.39, 0.29) is 27.8 Å². The van der Waals surface area contributed by atoms with Crippen LogP contribution < -0.4 is 11.1 Å². The Morgan fingerprint density at radius 1 is 1.46 bits per heavy atom. The van der Waals surface area contributed by atoms with Crippen molar-refractivity contribution < 1.29 is 14.5 Å². The zero-order valence-electron chi connectivity index (χ0n) is 14.6. The van der Waals surface area contributed by atoms with E-state index in [9.17, 15) is 19.7 Å². The molecule has 144 valence electrons. The minimum atomic E-state index is -0.810. The summed E-state index contributed by atoms with van der Waals surface area (Å²) in [5.74, 6) is -2.16. The van der Waals surface area contributed by atoms with Crippen LogP contribution in [-0.2, 0) is 4.79 Å². The number of hydrogen-bond donors (Lipinski definition) is 2. The van der Waals surface area contributed by atoms with Crippen molar-refractivity contribution in [1.82, 2.24) is 20.1 Å². The summed E-state index contributed by atoms with van der Waals surface area (Å²) in [7, 11) is 0. The third kappa shape index (κ3) is 4.30. The summed E-state index contributed by atoms with van der Waals surface area (Å²) >= 11 is 6.07. The molecule has 0 bridgehead atoms. The van der Waals surface area contributed by atoms with Gasteiger partial charge in [0.05, 0.1) is 27.5 Å². The number of nitrogens with one attached hydrogen (secondary N) is 1. The van der Waals surface area contributed by atoms with Gasteiger partial charge in [-0.2, -0.15) is 0 Å². The van der Waals surface area contributed by atoms with Crippen molar-refractivity contribution in [2.24, 2.45) is 5.73 Å². The number of nitrogens with zero attached hydrogens (tertiary/aromatic N) is 4. The summed E-state index contributed by atoms with van der Waals surface area (Å²) in [6.45, 7) is 5.15. The molecule has 0 aromatic carbocycles. The van der Waals surface area contributed by atoms with Crippen LogP contribution in [0.1, 0.15) is 17.4 Å². The summed E-state index contributed by atoms with van der Waals surface area (Å²) < 4.78 is 0.945. The first kappa shape index (κ1) is 20.5. The van der Waals surface area contributed by atoms with Gasteiger partial charge in [0.25, 0.3) is 11.8 Å². The van der Waals surface area contributed by atoms with Crippen LogP contribution in [0.5, 0.6) is 0 Å². The van der Waals surface area contributed by atoms with Crippen LogP contribution in [0.25, 0.3) is 5.82 Å². The lowest BCUT2D eigenvalue weighted by molar-refractivity contribution is -0.389. The highest BCUT2D eigenvalue weighted by Crippen LogP contribution is 2.22. The molecule has 28 heavy (non-hydrogen) atoms. The van der Waals surface area contributed by atoms with Crippen molar-refractivity contribution in [2.75, 3.05) is 0 Å². The molecule has 0 aliphatic heterocycles. The molecule has 0 aliphatic carbocycles. The molecule has 11 heteroatoms. The molecule has 0 saturated carbocycles. The summed E-state index contributed by atoms with van der Waals surface area (Å²) in [6, 6.07) is 4.01. The van der Waals surface area contributed by atoms with Gasteiger partial charge < -0.3 is 21.2 Å². The SMILES string of the molecule is C=C/C(C(N)=O)=C(\C=C/C)NC(=O)c1cc([N+](=O)[O-])nn1-c1ncccc1Cl. The minimum Gasteiger partial charge on any atom is -0.366 e. The first-order valence-electron chi connectivity index (χ1n) is 7.76. The molecule has 2 rings (SSSR count). The number of halogens is 1. The lowest BCUT2D eigenvalue weighted by Gasteiger charge is -2.09. The number of allylic oxidation sites excluding steroid dienone is 2. The number of aromatic nitrogens is 3. The minimum absolute atomic E-state index is 0.0258. The van der Waals surface area contributed by atoms with E-state index in [0.717, 1.165) is 10.7 Å². The topological polar surface area (TPSA) is 146 Å². The van der Waals surface area contributed by atoms with Gasteiger partial charge >= 0.3 is 5.82 Å². The van der Waals surface area contributed by atoms with Crippen LogP contribution in [0.15, 0.2) is 60.5 Å². The van der Waals surface area contributed by atoms with Crippen LogP contribution >= 0.6 is 11.6 Å². The van der Waals surface area contributed by atoms with Crippen LogP contribution in [0, 0.1) is 10.1 Å². The number of primary amides is 1. The molecule has 0 radical (unpaired) electrons. The van der Waals surface area contributed by atoms with Gasteiger partial charge in [-0.05, 0) is 30.1 Å². The molecule has 0 spiro atoms. The Bertz CT molecular complexity index is 1020. The molecular weight excluding hydrogens is 388 g/mol. The molecule has 0 fully saturated rings. The van der Waals surface area contributed by atoms with Crippen LogP contribution in [0.4, 0.5) is 5.82 Å². The van der Waals surface area contributed by atoms with Gasteiger partial charge in [-0.3, -0.25) is 9.59 Å². The van der Waals surface area contributed by atoms with Gasteiger partial charge in [-0.15, -0.1) is 4.68 Å². The molecule has 2 aromatic rings. The van der Waals surface area contributed by atoms with Crippen LogP contribution in [-0.4, -0.2) is 31.5 Å². The Labute approximate surface area is 164 Å². The van der Waals surface area contributed by atoms with Crippen LogP contribution in [0.3, 0.4) is 0 Å². The molecule has 2 amide bonds. The Kier molecular flexibility index (Phi) is 6.40. The fourth-order valence-electron chi connectivity index (χ4n) is 2.21. The Morgan fingerprint density at radius 3 is 2.71 bits per heavy atom. The summed E-state index contributed by atoms with van der Waals surface area (Å²) in [5.41, 5.74) is 5.10. The van der Waals surface area contributed by atoms with E-state index in [0.29, 0.717) is 0 Å². The zero-order chi connectivity index (χ0) is 20.8. The second-order valence-corrected chi connectivity index (χ2v) is 5.62. The van der Waals surface area contributed by atoms with Crippen molar-refractivity contribution in [3.8, 4) is 5.82 Å². The molecule has 3 N–H and O–H groups in total. The molecule has 2 aromatic heterocycles. The van der Waals surface area contributed by atoms with Gasteiger partial charge in [0, 0.05) is 6.20 Å². The highest BCUT2D eigenvalue weighted by molar-refractivity contribution is 6.32. The smallest absolute Gasteiger partial charge is 0.366 e. The van der Waals surface area contributed by atoms with Crippen molar-refractivity contribution in [3.63, 3.8) is 0 Å². The molecular formula is C17H15ClN6O4. The molecule has 10 nitrogen and oxygen atoms in total. The predicted molar refractivity (Wildman–Crippen MR) is 102 cm³/mol. The van der Waals surface area contributed by atoms with Crippen molar-refractivity contribution >= 4 is 29.2 Å². The Morgan fingerprint density at radius 2 is 2.18 bits per heavy atom. The Balaban J connectivity index is 2.59. The number of rotatable bonds is 7. The van der Waals surface area contributed by atoms with Gasteiger partial charge in [0.15, 0.2) is 11.5 Å². The fraction of sp³-hybridized carbons (Fsp3) is 0.0588. The molecule has 0 unspecified atom stereocenters. The number of carbonyl (C=O) groups is 2. The maximum Gasteiger partial charge on any atom is 0.391 e. The van der Waals surface area contributed by atoms with Gasteiger partial charge in [0.1, 0.15) is 0 Å². The zero-order valence-corrected chi connectivity index (χ0v) is 15.4. The highest BCUT2D eigenvalue weighted by atomic mass is 35.5. The summed E-state index contributed by atoms with van der Waals surface area (Å²) in [5, 5.41) is 17.5. The van der Waals surface area contributed by atoms with Gasteiger partial charge in [-0.1, -0.05) is 30.3 Å². The number of carbonyl (C=O) groups excluding carboxylic acids is 2. The van der Waals surface area contributed by atoms with E-state index in [2.05, 4.69) is 22.0 Å². The van der Waals surface area contributed by atoms with E-state index in [1.54, 1.807) is 19.1 Å². The molecule has 2 heterocycles. The van der Waals surface area contributed by atoms with Gasteiger partial charge in [0.2, 0.25) is 0 Å². The number of pyridine rings is 1. The maximum atomic E-state index is 12.8. The fourth-order valence-corrected chi connectivity index (χ4v) is 2.41. The average Bonchev–Trinajstić information content (AvgIpc) is 3.08. The normalized spacial score (nSPS) is 11.8. The Hall–Kier alpha value is -3.79. The molecule has 0 aliphatic rings. The quantitative estimate of drug-likeness (QED) is 0.313. The second kappa shape index (κ2) is 8.73. The first-order chi connectivity index (χ1) is 13.3. The summed E-state index contributed by atoms with van der Waals surface area (Å²) in [4.78, 5) is 38.7. The predicted octanol–water partition coefficient (Wildman–Crippen LogP) is 2.06. The van der Waals surface area contributed by atoms with Crippen molar-refractivity contribution in [1.29, 1.82) is 0 Å². The number of hydrogen-bond acceptors (Lipinski definition) is 6. The maximum absolute atomic E-state index is 12.8. The van der Waals surface area contributed by atoms with Crippen LogP contribution in [0.2, 0.25) is 5.02 Å². The summed E-state index contributed by atoms with van der Waals surface area (Å²) in [6.07, 6.45) is 5.58. The van der Waals surface area contributed by atoms with E-state index in [1.807, 2.05) is 0 Å². The van der Waals surface area contributed by atoms with Crippen molar-refractivity contribution in [3.05, 3.63) is 81.3 Å². The second-order valence-electron chi connectivity index (χ2n) is 5.22. The lowest BCUT2D eigenvalue weighted by Crippen LogP contribution is -2.28. The van der Waals surface area contributed by atoms with E-state index in [1.165, 1.54) is 24.4 Å².